The van der Waals surface area contributed by atoms with E-state index in [9.17, 15) is 14.9 Å². The average molecular weight is 357 g/mol. The zero-order chi connectivity index (χ0) is 15.4. The molecule has 1 aliphatic heterocycles. The third-order valence-corrected chi connectivity index (χ3v) is 3.90. The van der Waals surface area contributed by atoms with Gasteiger partial charge in [0.25, 0.3) is 5.69 Å². The summed E-state index contributed by atoms with van der Waals surface area (Å²) in [7, 11) is 1.61. The molecule has 1 atom stereocenters. The molecule has 1 unspecified atom stereocenters. The number of nitro groups is 1. The van der Waals surface area contributed by atoms with Crippen LogP contribution in [0.1, 0.15) is 5.56 Å². The number of hydrogen-bond donors (Lipinski definition) is 2. The van der Waals surface area contributed by atoms with Crippen LogP contribution in [-0.4, -0.2) is 48.5 Å². The van der Waals surface area contributed by atoms with Gasteiger partial charge in [-0.15, -0.1) is 0 Å². The molecule has 0 saturated carbocycles. The van der Waals surface area contributed by atoms with Crippen molar-refractivity contribution in [3.63, 3.8) is 0 Å². The Labute approximate surface area is 131 Å². The van der Waals surface area contributed by atoms with E-state index >= 15 is 0 Å². The summed E-state index contributed by atoms with van der Waals surface area (Å²) in [4.78, 5) is 24.4. The summed E-state index contributed by atoms with van der Waals surface area (Å²) in [5, 5.41) is 16.8. The Bertz CT molecular complexity index is 552. The Morgan fingerprint density at radius 3 is 3.00 bits per heavy atom. The Kier molecular flexibility index (Phi) is 5.27. The summed E-state index contributed by atoms with van der Waals surface area (Å²) in [5.41, 5.74) is 0.859. The fourth-order valence-electron chi connectivity index (χ4n) is 2.43. The largest absolute Gasteiger partial charge is 0.358 e. The van der Waals surface area contributed by atoms with E-state index in [2.05, 4.69) is 26.6 Å². The van der Waals surface area contributed by atoms with Crippen molar-refractivity contribution in [3.05, 3.63) is 38.3 Å². The maximum Gasteiger partial charge on any atom is 0.270 e. The second kappa shape index (κ2) is 6.97. The number of nitrogens with zero attached hydrogens (tertiary/aromatic N) is 2. The second-order valence-electron chi connectivity index (χ2n) is 4.88. The van der Waals surface area contributed by atoms with Crippen LogP contribution in [0.3, 0.4) is 0 Å². The number of halogens is 1. The molecule has 0 aromatic heterocycles. The van der Waals surface area contributed by atoms with Gasteiger partial charge in [-0.05, 0) is 11.6 Å². The van der Waals surface area contributed by atoms with E-state index in [1.54, 1.807) is 13.1 Å². The summed E-state index contributed by atoms with van der Waals surface area (Å²) >= 11 is 3.29. The lowest BCUT2D eigenvalue weighted by atomic mass is 10.1. The van der Waals surface area contributed by atoms with E-state index in [4.69, 9.17) is 0 Å². The van der Waals surface area contributed by atoms with Gasteiger partial charge in [-0.2, -0.15) is 0 Å². The number of rotatable bonds is 4. The Hall–Kier alpha value is -1.51. The number of likely N-dealkylation sites (N-methyl/N-ethyl adjacent to an activating group) is 1. The molecule has 0 aliphatic carbocycles. The summed E-state index contributed by atoms with van der Waals surface area (Å²) < 4.78 is 0.665. The van der Waals surface area contributed by atoms with E-state index in [0.717, 1.165) is 18.7 Å². The molecule has 1 aromatic carbocycles. The third kappa shape index (κ3) is 3.99. The molecular weight excluding hydrogens is 340 g/mol. The standard InChI is InChI=1S/C13H17BrN4O3/c1-15-13(19)12-7-16-2-3-17(12)8-9-4-10(14)6-11(5-9)18(20)21/h4-6,12,16H,2-3,7-8H2,1H3,(H,15,19). The van der Waals surface area contributed by atoms with Crippen molar-refractivity contribution in [3.8, 4) is 0 Å². The zero-order valence-corrected chi connectivity index (χ0v) is 13.2. The Morgan fingerprint density at radius 1 is 1.57 bits per heavy atom. The van der Waals surface area contributed by atoms with Crippen LogP contribution in [0, 0.1) is 10.1 Å². The van der Waals surface area contributed by atoms with E-state index in [1.165, 1.54) is 6.07 Å². The van der Waals surface area contributed by atoms with Gasteiger partial charge in [0, 0.05) is 49.8 Å². The van der Waals surface area contributed by atoms with Gasteiger partial charge in [-0.3, -0.25) is 19.8 Å². The monoisotopic (exact) mass is 356 g/mol. The maximum absolute atomic E-state index is 11.9. The second-order valence-corrected chi connectivity index (χ2v) is 5.80. The highest BCUT2D eigenvalue weighted by Crippen LogP contribution is 2.23. The van der Waals surface area contributed by atoms with Crippen molar-refractivity contribution < 1.29 is 9.72 Å². The van der Waals surface area contributed by atoms with Crippen molar-refractivity contribution in [2.75, 3.05) is 26.7 Å². The SMILES string of the molecule is CNC(=O)C1CNCCN1Cc1cc(Br)cc([N+](=O)[O-])c1. The van der Waals surface area contributed by atoms with Crippen LogP contribution >= 0.6 is 15.9 Å². The van der Waals surface area contributed by atoms with Crippen LogP contribution in [-0.2, 0) is 11.3 Å². The quantitative estimate of drug-likeness (QED) is 0.617. The van der Waals surface area contributed by atoms with Crippen LogP contribution in [0.5, 0.6) is 0 Å². The van der Waals surface area contributed by atoms with Gasteiger partial charge in [-0.1, -0.05) is 15.9 Å². The number of non-ortho nitro benzene ring substituents is 1. The fourth-order valence-corrected chi connectivity index (χ4v) is 2.95. The topological polar surface area (TPSA) is 87.5 Å². The fraction of sp³-hybridized carbons (Fsp3) is 0.462. The summed E-state index contributed by atoms with van der Waals surface area (Å²) in [5.74, 6) is -0.0494. The highest BCUT2D eigenvalue weighted by atomic mass is 79.9. The first kappa shape index (κ1) is 15.9. The number of hydrogen-bond acceptors (Lipinski definition) is 5. The van der Waals surface area contributed by atoms with Gasteiger partial charge in [-0.25, -0.2) is 0 Å². The first-order valence-electron chi connectivity index (χ1n) is 6.61. The molecule has 8 heteroatoms. The lowest BCUT2D eigenvalue weighted by Gasteiger charge is -2.34. The van der Waals surface area contributed by atoms with Crippen molar-refractivity contribution in [2.45, 2.75) is 12.6 Å². The molecule has 0 bridgehead atoms. The first-order chi connectivity index (χ1) is 10.0. The highest BCUT2D eigenvalue weighted by molar-refractivity contribution is 9.10. The molecule has 0 radical (unpaired) electrons. The van der Waals surface area contributed by atoms with Gasteiger partial charge < -0.3 is 10.6 Å². The van der Waals surface area contributed by atoms with E-state index in [0.29, 0.717) is 17.6 Å². The normalized spacial score (nSPS) is 19.2. The minimum Gasteiger partial charge on any atom is -0.358 e. The molecule has 0 spiro atoms. The van der Waals surface area contributed by atoms with Crippen LogP contribution in [0.15, 0.2) is 22.7 Å². The van der Waals surface area contributed by atoms with E-state index in [1.807, 2.05) is 11.0 Å². The molecular formula is C13H17BrN4O3. The van der Waals surface area contributed by atoms with Gasteiger partial charge in [0.2, 0.25) is 5.91 Å². The smallest absolute Gasteiger partial charge is 0.270 e. The molecule has 1 saturated heterocycles. The van der Waals surface area contributed by atoms with Gasteiger partial charge in [0.15, 0.2) is 0 Å². The number of nitro benzene ring substituents is 1. The van der Waals surface area contributed by atoms with Gasteiger partial charge >= 0.3 is 0 Å². The number of carbonyl (C=O) groups excluding carboxylic acids is 1. The minimum atomic E-state index is -0.414. The van der Waals surface area contributed by atoms with Crippen LogP contribution in [0.25, 0.3) is 0 Å². The molecule has 1 amide bonds. The number of carbonyl (C=O) groups is 1. The summed E-state index contributed by atoms with van der Waals surface area (Å²) in [6.45, 7) is 2.60. The lowest BCUT2D eigenvalue weighted by molar-refractivity contribution is -0.385. The van der Waals surface area contributed by atoms with Crippen molar-refractivity contribution in [1.29, 1.82) is 0 Å². The summed E-state index contributed by atoms with van der Waals surface area (Å²) in [6.07, 6.45) is 0. The van der Waals surface area contributed by atoms with Gasteiger partial charge in [0.1, 0.15) is 6.04 Å². The minimum absolute atomic E-state index is 0.0472. The number of nitrogens with one attached hydrogen (secondary N) is 2. The van der Waals surface area contributed by atoms with Crippen molar-refractivity contribution >= 4 is 27.5 Å². The number of amides is 1. The van der Waals surface area contributed by atoms with Crippen LogP contribution in [0.4, 0.5) is 5.69 Å². The zero-order valence-electron chi connectivity index (χ0n) is 11.6. The maximum atomic E-state index is 11.9. The molecule has 2 rings (SSSR count). The van der Waals surface area contributed by atoms with E-state index in [-0.39, 0.29) is 17.6 Å². The molecule has 2 N–H and O–H groups in total. The van der Waals surface area contributed by atoms with Crippen molar-refractivity contribution in [2.24, 2.45) is 0 Å². The molecule has 1 aromatic rings. The number of benzene rings is 1. The van der Waals surface area contributed by atoms with Crippen LogP contribution < -0.4 is 10.6 Å². The van der Waals surface area contributed by atoms with E-state index < -0.39 is 4.92 Å². The molecule has 1 fully saturated rings. The Morgan fingerprint density at radius 2 is 2.33 bits per heavy atom. The number of piperazine rings is 1. The molecule has 1 aliphatic rings. The molecule has 114 valence electrons. The highest BCUT2D eigenvalue weighted by Gasteiger charge is 2.28. The molecule has 1 heterocycles. The molecule has 21 heavy (non-hydrogen) atoms. The molecule has 7 nitrogen and oxygen atoms in total. The Balaban J connectivity index is 2.19. The van der Waals surface area contributed by atoms with Gasteiger partial charge in [0.05, 0.1) is 4.92 Å². The predicted molar refractivity (Wildman–Crippen MR) is 81.9 cm³/mol. The van der Waals surface area contributed by atoms with Crippen LogP contribution in [0.2, 0.25) is 0 Å². The first-order valence-corrected chi connectivity index (χ1v) is 7.41. The lowest BCUT2D eigenvalue weighted by Crippen LogP contribution is -2.56. The predicted octanol–water partition coefficient (Wildman–Crippen LogP) is 0.877. The summed E-state index contributed by atoms with van der Waals surface area (Å²) in [6, 6.07) is 4.60. The average Bonchev–Trinajstić information content (AvgIpc) is 2.46. The van der Waals surface area contributed by atoms with Crippen molar-refractivity contribution in [1.82, 2.24) is 15.5 Å². The third-order valence-electron chi connectivity index (χ3n) is 3.44.